The third kappa shape index (κ3) is 8.67. The third-order valence-electron chi connectivity index (χ3n) is 11.9. The number of rotatable bonds is 11. The molecule has 5 amide bonds. The molecule has 0 saturated carbocycles. The Balaban J connectivity index is 1.06. The fraction of sp³-hybridized carbons (Fsp3) is 0.512. The van der Waals surface area contributed by atoms with Crippen LogP contribution < -0.4 is 10.6 Å². The minimum Gasteiger partial charge on any atom is -0.480 e. The zero-order valence-corrected chi connectivity index (χ0v) is 32.9. The van der Waals surface area contributed by atoms with Gasteiger partial charge < -0.3 is 30.4 Å². The second-order valence-corrected chi connectivity index (χ2v) is 15.7. The lowest BCUT2D eigenvalue weighted by Gasteiger charge is -2.32. The van der Waals surface area contributed by atoms with Gasteiger partial charge in [0.2, 0.25) is 29.5 Å². The zero-order chi connectivity index (χ0) is 41.1. The number of hydrogen-bond acceptors (Lipinski definition) is 8. The van der Waals surface area contributed by atoms with E-state index in [1.807, 2.05) is 21.9 Å². The molecule has 0 radical (unpaired) electrons. The van der Waals surface area contributed by atoms with E-state index in [0.29, 0.717) is 91.5 Å². The maximum atomic E-state index is 15.9. The van der Waals surface area contributed by atoms with E-state index in [1.54, 1.807) is 39.6 Å². The van der Waals surface area contributed by atoms with E-state index in [-0.39, 0.29) is 42.1 Å². The van der Waals surface area contributed by atoms with Crippen LogP contribution >= 0.6 is 0 Å². The van der Waals surface area contributed by atoms with Crippen molar-refractivity contribution in [2.24, 2.45) is 13.0 Å². The molecule has 3 fully saturated rings. The summed E-state index contributed by atoms with van der Waals surface area (Å²) in [4.78, 5) is 80.6. The maximum Gasteiger partial charge on any atom is 0.322 e. The number of aliphatic carboxylic acids is 1. The number of carboxylic acids is 1. The van der Waals surface area contributed by atoms with Crippen LogP contribution in [0.4, 0.5) is 4.39 Å². The minimum absolute atomic E-state index is 0.0150. The smallest absolute Gasteiger partial charge is 0.322 e. The first-order chi connectivity index (χ1) is 27.9. The van der Waals surface area contributed by atoms with E-state index in [2.05, 4.69) is 15.7 Å². The number of carbonyl (C=O) groups is 6. The molecule has 2 aromatic carbocycles. The summed E-state index contributed by atoms with van der Waals surface area (Å²) in [6.45, 7) is 3.11. The lowest BCUT2D eigenvalue weighted by atomic mass is 9.88. The summed E-state index contributed by atoms with van der Waals surface area (Å²) < 4.78 is 19.1. The van der Waals surface area contributed by atoms with Gasteiger partial charge in [0.1, 0.15) is 24.9 Å². The number of nitrogens with zero attached hydrogens (tertiary/aromatic N) is 7. The van der Waals surface area contributed by atoms with E-state index in [9.17, 15) is 28.8 Å². The second kappa shape index (κ2) is 17.3. The zero-order valence-electron chi connectivity index (χ0n) is 32.9. The number of piperidine rings is 1. The van der Waals surface area contributed by atoms with Crippen LogP contribution in [0.25, 0.3) is 32.9 Å². The number of aryl methyl sites for hydroxylation is 1. The number of halogens is 1. The van der Waals surface area contributed by atoms with Crippen molar-refractivity contribution in [3.05, 3.63) is 48.0 Å². The quantitative estimate of drug-likeness (QED) is 0.205. The molecule has 2 unspecified atom stereocenters. The normalized spacial score (nSPS) is 19.1. The topological polar surface area (TPSA) is 192 Å². The number of likely N-dealkylation sites (tertiary alicyclic amines) is 3. The van der Waals surface area contributed by atoms with Gasteiger partial charge in [-0.3, -0.25) is 38.1 Å². The van der Waals surface area contributed by atoms with E-state index >= 15 is 4.39 Å². The number of fused-ring (bicyclic) bond motifs is 2. The van der Waals surface area contributed by atoms with Gasteiger partial charge in [0.05, 0.1) is 29.5 Å². The summed E-state index contributed by atoms with van der Waals surface area (Å²) in [5.74, 6) is -2.73. The molecule has 0 spiro atoms. The molecule has 17 heteroatoms. The van der Waals surface area contributed by atoms with Crippen molar-refractivity contribution in [1.29, 1.82) is 0 Å². The number of carbonyl (C=O) groups excluding carboxylic acids is 5. The molecular formula is C41H50FN9O7. The SMILES string of the molecule is CC(=O)N1CCCC1C(=O)N1CCCC(CC(=O)N2CCC(c3nn(CC(=O)NCC(=O)NCC(=O)O)c4cccc(-c5cc6c(cnn6C)cc5F)c34)CC2)CC1. The third-order valence-corrected chi connectivity index (χ3v) is 11.9. The molecule has 58 heavy (non-hydrogen) atoms. The fourth-order valence-electron chi connectivity index (χ4n) is 8.85. The Morgan fingerprint density at radius 3 is 2.34 bits per heavy atom. The highest BCUT2D eigenvalue weighted by molar-refractivity contribution is 6.00. The standard InChI is InChI=1S/C41H50FN9O7/c1-25(52)50-14-5-9-33(50)41(58)49-13-4-6-26(10-15-49)18-37(55)48-16-11-27(12-17-48)40-39-29(30-20-34-28(19-31(30)42)21-45-47(34)2)7-3-8-32(39)51(46-40)24-36(54)43-22-35(53)44-23-38(56)57/h3,7-8,19-21,26-27,33H,4-6,9-18,22-24H2,1-2H3,(H,43,54)(H,44,53)(H,56,57). The molecule has 3 saturated heterocycles. The van der Waals surface area contributed by atoms with Crippen LogP contribution in [-0.2, 0) is 42.4 Å². The van der Waals surface area contributed by atoms with Crippen LogP contribution in [0, 0.1) is 11.7 Å². The van der Waals surface area contributed by atoms with Crippen molar-refractivity contribution in [3.8, 4) is 11.1 Å². The summed E-state index contributed by atoms with van der Waals surface area (Å²) in [6.07, 6.45) is 7.12. The molecular weight excluding hydrogens is 750 g/mol. The first-order valence-electron chi connectivity index (χ1n) is 20.1. The van der Waals surface area contributed by atoms with Gasteiger partial charge in [0.25, 0.3) is 0 Å². The number of nitrogens with one attached hydrogen (secondary N) is 2. The summed E-state index contributed by atoms with van der Waals surface area (Å²) in [6, 6.07) is 8.25. The van der Waals surface area contributed by atoms with Crippen LogP contribution in [0.2, 0.25) is 0 Å². The van der Waals surface area contributed by atoms with Crippen molar-refractivity contribution < 1.29 is 38.3 Å². The predicted molar refractivity (Wildman–Crippen MR) is 211 cm³/mol. The van der Waals surface area contributed by atoms with Gasteiger partial charge in [-0.1, -0.05) is 12.1 Å². The Labute approximate surface area is 334 Å². The molecule has 2 aromatic heterocycles. The van der Waals surface area contributed by atoms with Gasteiger partial charge in [-0.15, -0.1) is 0 Å². The molecule has 308 valence electrons. The summed E-state index contributed by atoms with van der Waals surface area (Å²) in [5.41, 5.74) is 3.00. The number of hydrogen-bond donors (Lipinski definition) is 3. The van der Waals surface area contributed by atoms with Crippen LogP contribution in [0.15, 0.2) is 36.5 Å². The summed E-state index contributed by atoms with van der Waals surface area (Å²) >= 11 is 0. The van der Waals surface area contributed by atoms with Gasteiger partial charge in [0.15, 0.2) is 0 Å². The average Bonchev–Trinajstić information content (AvgIpc) is 3.89. The molecule has 7 rings (SSSR count). The number of benzene rings is 2. The highest BCUT2D eigenvalue weighted by atomic mass is 19.1. The van der Waals surface area contributed by atoms with Gasteiger partial charge in [-0.2, -0.15) is 10.2 Å². The number of carboxylic acid groups (broad SMARTS) is 1. The van der Waals surface area contributed by atoms with E-state index < -0.39 is 36.7 Å². The highest BCUT2D eigenvalue weighted by Gasteiger charge is 2.36. The van der Waals surface area contributed by atoms with Crippen LogP contribution in [0.3, 0.4) is 0 Å². The second-order valence-electron chi connectivity index (χ2n) is 15.7. The van der Waals surface area contributed by atoms with E-state index in [1.165, 1.54) is 13.0 Å². The molecule has 3 aliphatic rings. The fourth-order valence-corrected chi connectivity index (χ4v) is 8.85. The van der Waals surface area contributed by atoms with Crippen LogP contribution in [0.5, 0.6) is 0 Å². The molecule has 4 aromatic rings. The first kappa shape index (κ1) is 40.3. The largest absolute Gasteiger partial charge is 0.480 e. The van der Waals surface area contributed by atoms with Crippen molar-refractivity contribution in [3.63, 3.8) is 0 Å². The van der Waals surface area contributed by atoms with Gasteiger partial charge >= 0.3 is 5.97 Å². The van der Waals surface area contributed by atoms with E-state index in [4.69, 9.17) is 10.2 Å². The Morgan fingerprint density at radius 1 is 0.845 bits per heavy atom. The Kier molecular flexibility index (Phi) is 12.0. The maximum absolute atomic E-state index is 15.9. The first-order valence-corrected chi connectivity index (χ1v) is 20.1. The van der Waals surface area contributed by atoms with Crippen molar-refractivity contribution in [2.75, 3.05) is 45.8 Å². The Morgan fingerprint density at radius 2 is 1.59 bits per heavy atom. The Bertz CT molecular complexity index is 2240. The lowest BCUT2D eigenvalue weighted by Crippen LogP contribution is -2.47. The number of amides is 5. The van der Waals surface area contributed by atoms with Crippen LogP contribution in [0.1, 0.15) is 69.9 Å². The molecule has 2 atom stereocenters. The summed E-state index contributed by atoms with van der Waals surface area (Å²) in [5, 5.41) is 24.1. The van der Waals surface area contributed by atoms with Gasteiger partial charge in [-0.05, 0) is 74.6 Å². The van der Waals surface area contributed by atoms with Gasteiger partial charge in [-0.25, -0.2) is 4.39 Å². The molecule has 5 heterocycles. The predicted octanol–water partition coefficient (Wildman–Crippen LogP) is 2.78. The van der Waals surface area contributed by atoms with Crippen molar-refractivity contribution >= 4 is 57.3 Å². The minimum atomic E-state index is -1.20. The van der Waals surface area contributed by atoms with Crippen molar-refractivity contribution in [1.82, 2.24) is 44.9 Å². The summed E-state index contributed by atoms with van der Waals surface area (Å²) in [7, 11) is 1.79. The van der Waals surface area contributed by atoms with Crippen molar-refractivity contribution in [2.45, 2.75) is 76.8 Å². The van der Waals surface area contributed by atoms with Gasteiger partial charge in [0, 0.05) is 75.4 Å². The monoisotopic (exact) mass is 799 g/mol. The molecule has 0 aliphatic carbocycles. The molecule has 3 aliphatic heterocycles. The van der Waals surface area contributed by atoms with Crippen LogP contribution in [-0.4, -0.2) is 127 Å². The Hall–Kier alpha value is -5.87. The van der Waals surface area contributed by atoms with E-state index in [0.717, 1.165) is 31.2 Å². The molecule has 3 N–H and O–H groups in total. The lowest BCUT2D eigenvalue weighted by molar-refractivity contribution is -0.142. The highest BCUT2D eigenvalue weighted by Crippen LogP contribution is 2.40. The average molecular weight is 800 g/mol. The number of aromatic nitrogens is 4. The molecule has 16 nitrogen and oxygen atoms in total. The molecule has 0 bridgehead atoms.